The molecule has 0 unspecified atom stereocenters. The fraction of sp³-hybridized carbons (Fsp3) is 0. The molecule has 0 nitrogen and oxygen atoms in total. The Labute approximate surface area is 103 Å². The van der Waals surface area contributed by atoms with Crippen molar-refractivity contribution in [2.24, 2.45) is 0 Å². The van der Waals surface area contributed by atoms with Gasteiger partial charge in [-0.3, -0.25) is 0 Å². The van der Waals surface area contributed by atoms with Crippen molar-refractivity contribution < 1.29 is 68.3 Å². The Hall–Kier alpha value is 3.47. The van der Waals surface area contributed by atoms with E-state index in [0.29, 0.717) is 0 Å². The van der Waals surface area contributed by atoms with Gasteiger partial charge in [0, 0.05) is 68.3 Å². The molecule has 0 amide bonds. The summed E-state index contributed by atoms with van der Waals surface area (Å²) >= 11 is 0. The SMILES string of the molecule is [CaH2].[Mn].[V].[Y]. The number of rotatable bonds is 0. The van der Waals surface area contributed by atoms with Crippen molar-refractivity contribution in [2.45, 2.75) is 0 Å². The van der Waals surface area contributed by atoms with Crippen LogP contribution in [-0.2, 0) is 68.3 Å². The molecule has 0 aromatic carbocycles. The Bertz CT molecular complexity index is 8.00. The van der Waals surface area contributed by atoms with Gasteiger partial charge in [-0.05, 0) is 0 Å². The van der Waals surface area contributed by atoms with Crippen molar-refractivity contribution in [1.29, 1.82) is 0 Å². The van der Waals surface area contributed by atoms with Crippen LogP contribution in [0.3, 0.4) is 0 Å². The molecule has 0 atom stereocenters. The summed E-state index contributed by atoms with van der Waals surface area (Å²) in [5, 5.41) is 0. The van der Waals surface area contributed by atoms with Gasteiger partial charge in [-0.25, -0.2) is 0 Å². The molecule has 0 aromatic rings. The predicted octanol–water partition coefficient (Wildman–Crippen LogP) is -0.924. The summed E-state index contributed by atoms with van der Waals surface area (Å²) in [6.07, 6.45) is 0. The van der Waals surface area contributed by atoms with E-state index in [1.165, 1.54) is 0 Å². The molecule has 0 rings (SSSR count). The van der Waals surface area contributed by atoms with E-state index in [2.05, 4.69) is 0 Å². The molecule has 0 spiro atoms. The smallest absolute Gasteiger partial charge is 0 e. The summed E-state index contributed by atoms with van der Waals surface area (Å²) in [6, 6.07) is 0. The number of hydrogen-bond donors (Lipinski definition) is 0. The maximum absolute atomic E-state index is 0. The first-order valence-corrected chi connectivity index (χ1v) is 0. The van der Waals surface area contributed by atoms with E-state index in [9.17, 15) is 0 Å². The van der Waals surface area contributed by atoms with Gasteiger partial charge in [0.15, 0.2) is 0 Å². The van der Waals surface area contributed by atoms with Gasteiger partial charge in [-0.1, -0.05) is 0 Å². The van der Waals surface area contributed by atoms with Crippen molar-refractivity contribution in [3.63, 3.8) is 0 Å². The maximum atomic E-state index is 0. The summed E-state index contributed by atoms with van der Waals surface area (Å²) in [5.41, 5.74) is 0. The molecule has 0 aliphatic rings. The minimum absolute atomic E-state index is 0. The third kappa shape index (κ3) is 9.08. The normalized spacial score (nSPS) is 0. The van der Waals surface area contributed by atoms with Crippen molar-refractivity contribution in [1.82, 2.24) is 0 Å². The third-order valence-corrected chi connectivity index (χ3v) is 0. The van der Waals surface area contributed by atoms with Gasteiger partial charge in [0.2, 0.25) is 0 Å². The minimum Gasteiger partial charge on any atom is 0 e. The third-order valence-electron chi connectivity index (χ3n) is 0. The van der Waals surface area contributed by atoms with Crippen LogP contribution in [0.1, 0.15) is 0 Å². The minimum atomic E-state index is 0. The zero-order valence-electron chi connectivity index (χ0n) is 1.40. The average Bonchev–Trinajstić information content (AvgIpc) is 0. The summed E-state index contributed by atoms with van der Waals surface area (Å²) in [5.74, 6) is 0. The molecule has 0 bridgehead atoms. The molecule has 0 fully saturated rings. The zero-order chi connectivity index (χ0) is 0. The van der Waals surface area contributed by atoms with Gasteiger partial charge in [0.25, 0.3) is 0 Å². The van der Waals surface area contributed by atoms with Crippen LogP contribution in [0.5, 0.6) is 0 Å². The maximum Gasteiger partial charge on any atom is 0 e. The van der Waals surface area contributed by atoms with Crippen molar-refractivity contribution >= 4 is 37.7 Å². The molecule has 0 N–H and O–H groups in total. The van der Waals surface area contributed by atoms with Crippen LogP contribution in [0.15, 0.2) is 0 Å². The first kappa shape index (κ1) is 26.0. The van der Waals surface area contributed by atoms with E-state index in [1.807, 2.05) is 0 Å². The van der Waals surface area contributed by atoms with Gasteiger partial charge >= 0.3 is 37.7 Å². The molecule has 0 heterocycles. The summed E-state index contributed by atoms with van der Waals surface area (Å²) in [6.45, 7) is 0. The fourth-order valence-corrected chi connectivity index (χ4v) is 0. The monoisotopic (exact) mass is 237 g/mol. The quantitative estimate of drug-likeness (QED) is 0.478. The van der Waals surface area contributed by atoms with Crippen LogP contribution in [0, 0.1) is 0 Å². The molecular formula is H2CaMnVY. The van der Waals surface area contributed by atoms with Crippen LogP contribution in [0.25, 0.3) is 0 Å². The van der Waals surface area contributed by atoms with E-state index in [1.54, 1.807) is 0 Å². The van der Waals surface area contributed by atoms with Crippen molar-refractivity contribution in [3.05, 3.63) is 0 Å². The van der Waals surface area contributed by atoms with E-state index in [-0.39, 0.29) is 106 Å². The van der Waals surface area contributed by atoms with Gasteiger partial charge < -0.3 is 0 Å². The molecule has 19 valence electrons. The van der Waals surface area contributed by atoms with Gasteiger partial charge in [-0.2, -0.15) is 0 Å². The Morgan fingerprint density at radius 3 is 1.00 bits per heavy atom. The fourth-order valence-electron chi connectivity index (χ4n) is 0. The van der Waals surface area contributed by atoms with Crippen LogP contribution in [0.4, 0.5) is 0 Å². The van der Waals surface area contributed by atoms with Crippen molar-refractivity contribution in [3.8, 4) is 0 Å². The van der Waals surface area contributed by atoms with E-state index in [0.717, 1.165) is 0 Å². The van der Waals surface area contributed by atoms with Gasteiger partial charge in [0.05, 0.1) is 0 Å². The van der Waals surface area contributed by atoms with E-state index >= 15 is 0 Å². The molecule has 4 heteroatoms. The Morgan fingerprint density at radius 1 is 1.00 bits per heavy atom. The molecule has 0 saturated heterocycles. The second-order valence-electron chi connectivity index (χ2n) is 0. The zero-order valence-corrected chi connectivity index (χ0v) is 6.82. The van der Waals surface area contributed by atoms with Crippen LogP contribution in [-0.4, -0.2) is 37.7 Å². The second-order valence-corrected chi connectivity index (χ2v) is 0. The topological polar surface area (TPSA) is 0 Å². The molecule has 0 aliphatic heterocycles. The summed E-state index contributed by atoms with van der Waals surface area (Å²) < 4.78 is 0. The second kappa shape index (κ2) is 16.1. The molecule has 4 heavy (non-hydrogen) atoms. The molecule has 3 radical (unpaired) electrons. The van der Waals surface area contributed by atoms with Crippen molar-refractivity contribution in [2.75, 3.05) is 0 Å². The predicted molar refractivity (Wildman–Crippen MR) is 8.54 cm³/mol. The largest absolute Gasteiger partial charge is 0 e. The first-order chi connectivity index (χ1) is 0. The Morgan fingerprint density at radius 2 is 1.00 bits per heavy atom. The molecule has 0 aliphatic carbocycles. The summed E-state index contributed by atoms with van der Waals surface area (Å²) in [7, 11) is 0. The Balaban J connectivity index is 0. The van der Waals surface area contributed by atoms with Gasteiger partial charge in [0.1, 0.15) is 0 Å². The molecule has 0 aromatic heterocycles. The standard InChI is InChI=1S/Ca.Mn.V.Y.2H. The molecule has 0 saturated carbocycles. The molecular weight excluding hydrogens is 235 g/mol. The number of hydrogen-bond acceptors (Lipinski definition) is 0. The van der Waals surface area contributed by atoms with E-state index in [4.69, 9.17) is 0 Å². The van der Waals surface area contributed by atoms with Crippen LogP contribution < -0.4 is 0 Å². The first-order valence-electron chi connectivity index (χ1n) is 0. The van der Waals surface area contributed by atoms with Crippen LogP contribution in [0.2, 0.25) is 0 Å². The average molecular weight is 237 g/mol. The summed E-state index contributed by atoms with van der Waals surface area (Å²) in [4.78, 5) is 0. The van der Waals surface area contributed by atoms with Crippen LogP contribution >= 0.6 is 0 Å². The Kier molecular flexibility index (Phi) is 104. The van der Waals surface area contributed by atoms with Gasteiger partial charge in [-0.15, -0.1) is 0 Å². The van der Waals surface area contributed by atoms with E-state index < -0.39 is 0 Å².